The molecule has 0 fully saturated rings. The average Bonchev–Trinajstić information content (AvgIpc) is 3.08. The molecule has 2 N–H and O–H groups in total. The molecule has 0 atom stereocenters. The smallest absolute Gasteiger partial charge is 0.355 e. The SMILES string of the molecule is COCc1nc(C(=O)NCCc2nc(C(=O)O)cs2)cs1. The predicted octanol–water partition coefficient (Wildman–Crippen LogP) is 1.42. The number of aromatic nitrogens is 2. The molecular formula is C12H13N3O4S2. The van der Waals surface area contributed by atoms with Gasteiger partial charge in [0, 0.05) is 30.8 Å². The number of amides is 1. The average molecular weight is 327 g/mol. The van der Waals surface area contributed by atoms with Crippen molar-refractivity contribution in [1.29, 1.82) is 0 Å². The number of methoxy groups -OCH3 is 1. The third kappa shape index (κ3) is 4.31. The van der Waals surface area contributed by atoms with E-state index in [1.165, 1.54) is 28.1 Å². The molecule has 0 bridgehead atoms. The van der Waals surface area contributed by atoms with E-state index in [1.54, 1.807) is 12.5 Å². The number of carboxylic acid groups (broad SMARTS) is 1. The molecule has 7 nitrogen and oxygen atoms in total. The van der Waals surface area contributed by atoms with Gasteiger partial charge < -0.3 is 15.2 Å². The summed E-state index contributed by atoms with van der Waals surface area (Å²) in [6.45, 7) is 0.761. The fraction of sp³-hybridized carbons (Fsp3) is 0.333. The molecule has 2 rings (SSSR count). The molecule has 0 saturated heterocycles. The fourth-order valence-corrected chi connectivity index (χ4v) is 3.02. The van der Waals surface area contributed by atoms with Crippen molar-refractivity contribution in [2.75, 3.05) is 13.7 Å². The molecule has 2 aromatic heterocycles. The van der Waals surface area contributed by atoms with E-state index >= 15 is 0 Å². The molecule has 2 aromatic rings. The van der Waals surface area contributed by atoms with Gasteiger partial charge in [-0.3, -0.25) is 4.79 Å². The summed E-state index contributed by atoms with van der Waals surface area (Å²) in [5, 5.41) is 16.1. The maximum atomic E-state index is 11.8. The summed E-state index contributed by atoms with van der Waals surface area (Å²) in [6.07, 6.45) is 0.485. The molecule has 0 radical (unpaired) electrons. The van der Waals surface area contributed by atoms with Gasteiger partial charge in [-0.05, 0) is 0 Å². The molecule has 112 valence electrons. The molecule has 0 aliphatic carbocycles. The predicted molar refractivity (Wildman–Crippen MR) is 77.9 cm³/mol. The minimum absolute atomic E-state index is 0.0324. The lowest BCUT2D eigenvalue weighted by Crippen LogP contribution is -2.26. The van der Waals surface area contributed by atoms with Crippen LogP contribution in [-0.2, 0) is 17.8 Å². The zero-order valence-electron chi connectivity index (χ0n) is 11.2. The van der Waals surface area contributed by atoms with Crippen LogP contribution >= 0.6 is 22.7 Å². The second kappa shape index (κ2) is 7.25. The van der Waals surface area contributed by atoms with Crippen molar-refractivity contribution in [2.45, 2.75) is 13.0 Å². The van der Waals surface area contributed by atoms with E-state index in [2.05, 4.69) is 15.3 Å². The van der Waals surface area contributed by atoms with Crippen molar-refractivity contribution in [1.82, 2.24) is 15.3 Å². The van der Waals surface area contributed by atoms with Crippen molar-refractivity contribution in [3.05, 3.63) is 32.2 Å². The zero-order chi connectivity index (χ0) is 15.2. The number of carboxylic acids is 1. The maximum absolute atomic E-state index is 11.8. The van der Waals surface area contributed by atoms with Gasteiger partial charge >= 0.3 is 5.97 Å². The number of hydrogen-bond acceptors (Lipinski definition) is 7. The summed E-state index contributed by atoms with van der Waals surface area (Å²) in [7, 11) is 1.57. The van der Waals surface area contributed by atoms with Crippen LogP contribution < -0.4 is 5.32 Å². The first-order valence-corrected chi connectivity index (χ1v) is 7.75. The highest BCUT2D eigenvalue weighted by atomic mass is 32.1. The highest BCUT2D eigenvalue weighted by Gasteiger charge is 2.11. The molecular weight excluding hydrogens is 314 g/mol. The van der Waals surface area contributed by atoms with Crippen molar-refractivity contribution in [3.8, 4) is 0 Å². The van der Waals surface area contributed by atoms with Crippen LogP contribution in [0, 0.1) is 0 Å². The molecule has 0 unspecified atom stereocenters. The Bertz CT molecular complexity index is 638. The Hall–Kier alpha value is -1.84. The van der Waals surface area contributed by atoms with Gasteiger partial charge in [-0.15, -0.1) is 22.7 Å². The van der Waals surface area contributed by atoms with E-state index in [-0.39, 0.29) is 11.6 Å². The van der Waals surface area contributed by atoms with E-state index < -0.39 is 5.97 Å². The van der Waals surface area contributed by atoms with E-state index in [4.69, 9.17) is 9.84 Å². The number of carbonyl (C=O) groups excluding carboxylic acids is 1. The minimum atomic E-state index is -1.05. The summed E-state index contributed by atoms with van der Waals surface area (Å²) in [4.78, 5) is 30.6. The maximum Gasteiger partial charge on any atom is 0.355 e. The van der Waals surface area contributed by atoms with Gasteiger partial charge in [0.05, 0.1) is 11.6 Å². The van der Waals surface area contributed by atoms with Crippen LogP contribution in [0.25, 0.3) is 0 Å². The van der Waals surface area contributed by atoms with Crippen LogP contribution in [0.1, 0.15) is 31.0 Å². The Morgan fingerprint density at radius 2 is 1.90 bits per heavy atom. The minimum Gasteiger partial charge on any atom is -0.476 e. The lowest BCUT2D eigenvalue weighted by Gasteiger charge is -2.00. The number of rotatable bonds is 7. The molecule has 0 spiro atoms. The van der Waals surface area contributed by atoms with Crippen molar-refractivity contribution in [3.63, 3.8) is 0 Å². The van der Waals surface area contributed by atoms with Crippen molar-refractivity contribution >= 4 is 34.6 Å². The monoisotopic (exact) mass is 327 g/mol. The number of aromatic carboxylic acids is 1. The number of nitrogens with zero attached hydrogens (tertiary/aromatic N) is 2. The van der Waals surface area contributed by atoms with Gasteiger partial charge in [0.25, 0.3) is 5.91 Å². The molecule has 0 saturated carbocycles. The number of nitrogens with one attached hydrogen (secondary N) is 1. The van der Waals surface area contributed by atoms with E-state index in [0.717, 1.165) is 5.01 Å². The Labute approximate surface area is 128 Å². The van der Waals surface area contributed by atoms with Crippen LogP contribution in [0.4, 0.5) is 0 Å². The number of carbonyl (C=O) groups is 2. The van der Waals surface area contributed by atoms with Gasteiger partial charge in [0.15, 0.2) is 5.69 Å². The Morgan fingerprint density at radius 3 is 2.57 bits per heavy atom. The largest absolute Gasteiger partial charge is 0.476 e. The first-order valence-electron chi connectivity index (χ1n) is 5.99. The van der Waals surface area contributed by atoms with Gasteiger partial charge in [0.2, 0.25) is 0 Å². The van der Waals surface area contributed by atoms with Crippen LogP contribution in [0.5, 0.6) is 0 Å². The Morgan fingerprint density at radius 1 is 1.24 bits per heavy atom. The third-order valence-electron chi connectivity index (χ3n) is 2.45. The molecule has 0 aliphatic heterocycles. The summed E-state index contributed by atoms with van der Waals surface area (Å²) < 4.78 is 4.94. The topological polar surface area (TPSA) is 101 Å². The van der Waals surface area contributed by atoms with Crippen LogP contribution in [0.3, 0.4) is 0 Å². The molecule has 0 aliphatic rings. The van der Waals surface area contributed by atoms with Crippen molar-refractivity contribution < 1.29 is 19.4 Å². The summed E-state index contributed by atoms with van der Waals surface area (Å²) in [6, 6.07) is 0. The van der Waals surface area contributed by atoms with Gasteiger partial charge in [-0.1, -0.05) is 0 Å². The van der Waals surface area contributed by atoms with Gasteiger partial charge in [-0.2, -0.15) is 0 Å². The molecule has 1 amide bonds. The lowest BCUT2D eigenvalue weighted by atomic mass is 10.4. The standard InChI is InChI=1S/C12H13N3O4S2/c1-19-4-10-14-7(5-21-10)11(16)13-3-2-9-15-8(6-20-9)12(17)18/h5-6H,2-4H2,1H3,(H,13,16)(H,17,18). The van der Waals surface area contributed by atoms with E-state index in [0.29, 0.717) is 30.3 Å². The first kappa shape index (κ1) is 15.5. The highest BCUT2D eigenvalue weighted by Crippen LogP contribution is 2.11. The molecule has 0 aromatic carbocycles. The first-order chi connectivity index (χ1) is 10.1. The second-order valence-corrected chi connectivity index (χ2v) is 5.88. The number of thiazole rings is 2. The van der Waals surface area contributed by atoms with Crippen LogP contribution in [0.2, 0.25) is 0 Å². The Balaban J connectivity index is 1.81. The van der Waals surface area contributed by atoms with Gasteiger partial charge in [-0.25, -0.2) is 14.8 Å². The zero-order valence-corrected chi connectivity index (χ0v) is 12.8. The molecule has 9 heteroatoms. The quantitative estimate of drug-likeness (QED) is 0.797. The van der Waals surface area contributed by atoms with E-state index in [1.807, 2.05) is 0 Å². The molecule has 2 heterocycles. The van der Waals surface area contributed by atoms with Crippen molar-refractivity contribution in [2.24, 2.45) is 0 Å². The van der Waals surface area contributed by atoms with Crippen LogP contribution in [0.15, 0.2) is 10.8 Å². The summed E-state index contributed by atoms with van der Waals surface area (Å²) in [5.41, 5.74) is 0.391. The normalized spacial score (nSPS) is 10.5. The number of hydrogen-bond donors (Lipinski definition) is 2. The van der Waals surface area contributed by atoms with E-state index in [9.17, 15) is 9.59 Å². The summed E-state index contributed by atoms with van der Waals surface area (Å²) in [5.74, 6) is -1.31. The molecule has 21 heavy (non-hydrogen) atoms. The summed E-state index contributed by atoms with van der Waals surface area (Å²) >= 11 is 2.63. The third-order valence-corrected chi connectivity index (χ3v) is 4.18. The second-order valence-electron chi connectivity index (χ2n) is 4.00. The fourth-order valence-electron chi connectivity index (χ4n) is 1.50. The number of ether oxygens (including phenoxy) is 1. The van der Waals surface area contributed by atoms with Crippen LogP contribution in [-0.4, -0.2) is 40.6 Å². The highest BCUT2D eigenvalue weighted by molar-refractivity contribution is 7.10. The lowest BCUT2D eigenvalue weighted by molar-refractivity contribution is 0.0690. The van der Waals surface area contributed by atoms with Gasteiger partial charge in [0.1, 0.15) is 10.7 Å². The Kier molecular flexibility index (Phi) is 5.37.